The second kappa shape index (κ2) is 9.79. The first-order valence-electron chi connectivity index (χ1n) is 9.14. The Labute approximate surface area is 169 Å². The minimum absolute atomic E-state index is 0.137. The van der Waals surface area contributed by atoms with E-state index in [-0.39, 0.29) is 36.9 Å². The highest BCUT2D eigenvalue weighted by atomic mass is 16.6. The van der Waals surface area contributed by atoms with Crippen LogP contribution < -0.4 is 5.32 Å². The second-order valence-corrected chi connectivity index (χ2v) is 6.77. The van der Waals surface area contributed by atoms with Crippen molar-refractivity contribution in [1.82, 2.24) is 4.90 Å². The van der Waals surface area contributed by atoms with Gasteiger partial charge in [0.25, 0.3) is 11.6 Å². The Bertz CT molecular complexity index is 927. The van der Waals surface area contributed by atoms with E-state index in [1.54, 1.807) is 13.0 Å². The first kappa shape index (κ1) is 22.0. The van der Waals surface area contributed by atoms with Gasteiger partial charge in [-0.2, -0.15) is 0 Å². The zero-order valence-corrected chi connectivity index (χ0v) is 17.0. The fourth-order valence-electron chi connectivity index (χ4n) is 2.83. The predicted molar refractivity (Wildman–Crippen MR) is 110 cm³/mol. The van der Waals surface area contributed by atoms with Crippen molar-refractivity contribution < 1.29 is 19.2 Å². The van der Waals surface area contributed by atoms with Gasteiger partial charge in [-0.15, -0.1) is 0 Å². The second-order valence-electron chi connectivity index (χ2n) is 6.77. The normalized spacial score (nSPS) is 10.5. The van der Waals surface area contributed by atoms with E-state index in [4.69, 9.17) is 4.74 Å². The van der Waals surface area contributed by atoms with Crippen LogP contribution in [0.2, 0.25) is 0 Å². The first-order chi connectivity index (χ1) is 13.7. The van der Waals surface area contributed by atoms with Crippen LogP contribution in [0.4, 0.5) is 11.4 Å². The summed E-state index contributed by atoms with van der Waals surface area (Å²) in [4.78, 5) is 37.4. The fraction of sp³-hybridized carbons (Fsp3) is 0.333. The predicted octanol–water partition coefficient (Wildman–Crippen LogP) is 3.25. The van der Waals surface area contributed by atoms with E-state index in [1.165, 1.54) is 30.2 Å². The van der Waals surface area contributed by atoms with Crippen molar-refractivity contribution in [1.29, 1.82) is 0 Å². The molecule has 29 heavy (non-hydrogen) atoms. The molecule has 0 spiro atoms. The summed E-state index contributed by atoms with van der Waals surface area (Å²) in [5.41, 5.74) is 3.15. The monoisotopic (exact) mass is 399 g/mol. The van der Waals surface area contributed by atoms with Crippen molar-refractivity contribution in [3.63, 3.8) is 0 Å². The number of nitro benzene ring substituents is 1. The average molecular weight is 399 g/mol. The highest BCUT2D eigenvalue weighted by Gasteiger charge is 2.22. The summed E-state index contributed by atoms with van der Waals surface area (Å²) in [6.45, 7) is 5.67. The quantitative estimate of drug-likeness (QED) is 0.542. The van der Waals surface area contributed by atoms with Crippen molar-refractivity contribution >= 4 is 23.2 Å². The molecule has 0 radical (unpaired) electrons. The van der Waals surface area contributed by atoms with Gasteiger partial charge >= 0.3 is 0 Å². The molecule has 8 nitrogen and oxygen atoms in total. The van der Waals surface area contributed by atoms with Gasteiger partial charge in [-0.1, -0.05) is 18.2 Å². The van der Waals surface area contributed by atoms with Gasteiger partial charge in [-0.05, 0) is 44.0 Å². The lowest BCUT2D eigenvalue weighted by molar-refractivity contribution is -0.385. The Morgan fingerprint density at radius 3 is 2.52 bits per heavy atom. The van der Waals surface area contributed by atoms with Crippen LogP contribution in [0.5, 0.6) is 0 Å². The van der Waals surface area contributed by atoms with E-state index in [2.05, 4.69) is 5.32 Å². The third kappa shape index (κ3) is 5.61. The van der Waals surface area contributed by atoms with Gasteiger partial charge < -0.3 is 15.0 Å². The van der Waals surface area contributed by atoms with Crippen molar-refractivity contribution in [2.75, 3.05) is 32.1 Å². The van der Waals surface area contributed by atoms with Crippen molar-refractivity contribution in [2.45, 2.75) is 20.8 Å². The van der Waals surface area contributed by atoms with Crippen LogP contribution in [0.25, 0.3) is 0 Å². The number of nitrogens with zero attached hydrogens (tertiary/aromatic N) is 2. The highest BCUT2D eigenvalue weighted by molar-refractivity contribution is 6.00. The lowest BCUT2D eigenvalue weighted by atomic mass is 10.1. The van der Waals surface area contributed by atoms with Crippen LogP contribution in [0.3, 0.4) is 0 Å². The van der Waals surface area contributed by atoms with E-state index in [0.29, 0.717) is 11.3 Å². The summed E-state index contributed by atoms with van der Waals surface area (Å²) in [6, 6.07) is 9.87. The van der Waals surface area contributed by atoms with Crippen LogP contribution in [-0.2, 0) is 9.53 Å². The maximum Gasteiger partial charge on any atom is 0.273 e. The van der Waals surface area contributed by atoms with E-state index in [9.17, 15) is 19.7 Å². The molecule has 0 saturated heterocycles. The molecule has 0 atom stereocenters. The Balaban J connectivity index is 2.21. The molecule has 0 aliphatic heterocycles. The van der Waals surface area contributed by atoms with Crippen molar-refractivity contribution in [2.24, 2.45) is 0 Å². The van der Waals surface area contributed by atoms with Crippen LogP contribution in [0.1, 0.15) is 27.0 Å². The molecule has 2 rings (SSSR count). The summed E-state index contributed by atoms with van der Waals surface area (Å²) in [5.74, 6) is -0.828. The maximum absolute atomic E-state index is 12.9. The molecule has 2 aromatic carbocycles. The van der Waals surface area contributed by atoms with E-state index in [0.717, 1.165) is 11.1 Å². The highest BCUT2D eigenvalue weighted by Crippen LogP contribution is 2.21. The number of anilines is 1. The smallest absolute Gasteiger partial charge is 0.273 e. The van der Waals surface area contributed by atoms with Gasteiger partial charge in [0, 0.05) is 36.5 Å². The lowest BCUT2D eigenvalue weighted by Gasteiger charge is -2.22. The first-order valence-corrected chi connectivity index (χ1v) is 9.14. The minimum Gasteiger partial charge on any atom is -0.383 e. The van der Waals surface area contributed by atoms with Gasteiger partial charge in [0.1, 0.15) is 6.54 Å². The molecule has 154 valence electrons. The molecule has 1 N–H and O–H groups in total. The number of ether oxygens (including phenoxy) is 1. The Hall–Kier alpha value is -3.26. The maximum atomic E-state index is 12.9. The number of carbonyl (C=O) groups is 2. The third-order valence-electron chi connectivity index (χ3n) is 4.72. The van der Waals surface area contributed by atoms with Crippen molar-refractivity contribution in [3.8, 4) is 0 Å². The SMILES string of the molecule is COCCN(CC(=O)Nc1cccc(C)c1C)C(=O)c1ccc(C)c([N+](=O)[O-])c1. The van der Waals surface area contributed by atoms with Crippen molar-refractivity contribution in [3.05, 3.63) is 68.8 Å². The number of amides is 2. The summed E-state index contributed by atoms with van der Waals surface area (Å²) in [7, 11) is 1.50. The van der Waals surface area contributed by atoms with Crippen LogP contribution >= 0.6 is 0 Å². The Morgan fingerprint density at radius 2 is 1.86 bits per heavy atom. The van der Waals surface area contributed by atoms with Gasteiger partial charge in [0.2, 0.25) is 5.91 Å². The summed E-state index contributed by atoms with van der Waals surface area (Å²) in [5, 5.41) is 14.0. The zero-order chi connectivity index (χ0) is 21.6. The largest absolute Gasteiger partial charge is 0.383 e. The third-order valence-corrected chi connectivity index (χ3v) is 4.72. The number of aryl methyl sites for hydroxylation is 2. The van der Waals surface area contributed by atoms with E-state index >= 15 is 0 Å². The molecule has 8 heteroatoms. The molecule has 2 amide bonds. The summed E-state index contributed by atoms with van der Waals surface area (Å²) < 4.78 is 5.04. The van der Waals surface area contributed by atoms with Gasteiger partial charge in [-0.25, -0.2) is 0 Å². The molecule has 0 heterocycles. The van der Waals surface area contributed by atoms with Gasteiger partial charge in [0.05, 0.1) is 11.5 Å². The lowest BCUT2D eigenvalue weighted by Crippen LogP contribution is -2.40. The van der Waals surface area contributed by atoms with Crippen LogP contribution in [-0.4, -0.2) is 48.4 Å². The molecule has 0 fully saturated rings. The number of carbonyl (C=O) groups excluding carboxylic acids is 2. The molecule has 2 aromatic rings. The standard InChI is InChI=1S/C21H25N3O5/c1-14-6-5-7-18(16(14)3)22-20(25)13-23(10-11-29-4)21(26)17-9-8-15(2)19(12-17)24(27)28/h5-9,12H,10-11,13H2,1-4H3,(H,22,25). The minimum atomic E-state index is -0.529. The zero-order valence-electron chi connectivity index (χ0n) is 17.0. The number of benzene rings is 2. The molecular formula is C21H25N3O5. The molecule has 0 aliphatic rings. The number of methoxy groups -OCH3 is 1. The van der Waals surface area contributed by atoms with Crippen LogP contribution in [0, 0.1) is 30.9 Å². The molecule has 0 unspecified atom stereocenters. The van der Waals surface area contributed by atoms with E-state index < -0.39 is 10.8 Å². The topological polar surface area (TPSA) is 102 Å². The molecule has 0 bridgehead atoms. The number of nitrogens with one attached hydrogen (secondary N) is 1. The number of nitro groups is 1. The van der Waals surface area contributed by atoms with Gasteiger partial charge in [-0.3, -0.25) is 19.7 Å². The van der Waals surface area contributed by atoms with Crippen LogP contribution in [0.15, 0.2) is 36.4 Å². The van der Waals surface area contributed by atoms with E-state index in [1.807, 2.05) is 26.0 Å². The molecule has 0 saturated carbocycles. The Morgan fingerprint density at radius 1 is 1.14 bits per heavy atom. The average Bonchev–Trinajstić information content (AvgIpc) is 2.68. The summed E-state index contributed by atoms with van der Waals surface area (Å²) >= 11 is 0. The summed E-state index contributed by atoms with van der Waals surface area (Å²) in [6.07, 6.45) is 0. The molecule has 0 aromatic heterocycles. The number of rotatable bonds is 8. The molecule has 0 aliphatic carbocycles. The Kier molecular flexibility index (Phi) is 7.44. The van der Waals surface area contributed by atoms with Gasteiger partial charge in [0.15, 0.2) is 0 Å². The number of hydrogen-bond donors (Lipinski definition) is 1. The molecular weight excluding hydrogens is 374 g/mol. The fourth-order valence-corrected chi connectivity index (χ4v) is 2.83. The number of hydrogen-bond acceptors (Lipinski definition) is 5.